The number of hydrogen-bond donors (Lipinski definition) is 2. The lowest BCUT2D eigenvalue weighted by molar-refractivity contribution is -0.127. The second-order valence-corrected chi connectivity index (χ2v) is 13.2. The molecule has 2 aromatic rings. The molecule has 3 aliphatic rings. The van der Waals surface area contributed by atoms with E-state index in [1.807, 2.05) is 0 Å². The molecule has 39 heavy (non-hydrogen) atoms. The summed E-state index contributed by atoms with van der Waals surface area (Å²) in [5.74, 6) is -1.37. The van der Waals surface area contributed by atoms with E-state index in [1.165, 1.54) is 24.3 Å². The number of benzene rings is 2. The Morgan fingerprint density at radius 3 is 2.56 bits per heavy atom. The van der Waals surface area contributed by atoms with Gasteiger partial charge in [0.2, 0.25) is 15.9 Å². The van der Waals surface area contributed by atoms with E-state index in [0.717, 1.165) is 36.1 Å². The van der Waals surface area contributed by atoms with Gasteiger partial charge in [0.25, 0.3) is 0 Å². The molecule has 0 saturated carbocycles. The zero-order chi connectivity index (χ0) is 27.9. The number of rotatable bonds is 3. The van der Waals surface area contributed by atoms with Gasteiger partial charge in [0, 0.05) is 56.2 Å². The lowest BCUT2D eigenvalue weighted by Crippen LogP contribution is -2.59. The first-order chi connectivity index (χ1) is 18.5. The minimum Gasteiger partial charge on any atom is -0.492 e. The summed E-state index contributed by atoms with van der Waals surface area (Å²) < 4.78 is 62.8. The van der Waals surface area contributed by atoms with E-state index in [0.29, 0.717) is 30.7 Å². The van der Waals surface area contributed by atoms with E-state index in [1.54, 1.807) is 0 Å². The normalized spacial score (nSPS) is 25.4. The van der Waals surface area contributed by atoms with Gasteiger partial charge in [-0.3, -0.25) is 4.79 Å². The Hall–Kier alpha value is -2.60. The number of carbonyl (C=O) groups excluding carboxylic acids is 1. The van der Waals surface area contributed by atoms with Crippen molar-refractivity contribution >= 4 is 15.9 Å². The molecule has 11 heteroatoms. The molecule has 1 spiro atoms. The smallest absolute Gasteiger partial charge is 0.247 e. The van der Waals surface area contributed by atoms with E-state index in [4.69, 9.17) is 4.74 Å². The fourth-order valence-electron chi connectivity index (χ4n) is 5.96. The monoisotopic (exact) mass is 563 g/mol. The third-order valence-corrected chi connectivity index (χ3v) is 9.89. The number of amides is 1. The average Bonchev–Trinajstić information content (AvgIpc) is 3.27. The van der Waals surface area contributed by atoms with Crippen molar-refractivity contribution in [2.45, 2.75) is 62.1 Å². The molecule has 5 rings (SSSR count). The molecule has 2 N–H and O–H groups in total. The maximum absolute atomic E-state index is 14.6. The standard InChI is InChI=1S/C28H35F2N3O5S/c1-18(2)16-32-10-7-28(8-11-32)9-12-38-25-13-19(22-5-4-20(29)14-23(22)30)3-6-26(25)39(36,37)33-17-21(34)15-24(33)27(35)31-28/h3-6,13-14,18,21,24,34H,7-12,15-17H2,1-2H3,(H,31,35)/t21-,24+/m1/s1. The molecule has 0 aliphatic carbocycles. The Kier molecular flexibility index (Phi) is 7.71. The minimum atomic E-state index is -4.26. The largest absolute Gasteiger partial charge is 0.492 e. The van der Waals surface area contributed by atoms with Crippen LogP contribution < -0.4 is 10.1 Å². The number of fused-ring (bicyclic) bond motifs is 2. The highest BCUT2D eigenvalue weighted by Crippen LogP contribution is 2.37. The summed E-state index contributed by atoms with van der Waals surface area (Å²) in [7, 11) is -4.26. The van der Waals surface area contributed by atoms with Crippen LogP contribution in [-0.2, 0) is 14.8 Å². The number of aliphatic hydroxyl groups is 1. The minimum absolute atomic E-state index is 0.00428. The number of halogens is 2. The molecule has 212 valence electrons. The maximum atomic E-state index is 14.6. The molecule has 0 unspecified atom stereocenters. The molecule has 1 amide bonds. The van der Waals surface area contributed by atoms with Crippen molar-refractivity contribution in [3.63, 3.8) is 0 Å². The Balaban J connectivity index is 1.53. The van der Waals surface area contributed by atoms with Gasteiger partial charge < -0.3 is 20.1 Å². The Labute approximate surface area is 228 Å². The number of ether oxygens (including phenoxy) is 1. The summed E-state index contributed by atoms with van der Waals surface area (Å²) in [6.45, 7) is 6.78. The van der Waals surface area contributed by atoms with Gasteiger partial charge in [-0.1, -0.05) is 19.9 Å². The molecule has 2 aromatic carbocycles. The molecule has 2 fully saturated rings. The highest BCUT2D eigenvalue weighted by atomic mass is 32.2. The second kappa shape index (κ2) is 10.8. The molecule has 2 saturated heterocycles. The Morgan fingerprint density at radius 1 is 1.13 bits per heavy atom. The van der Waals surface area contributed by atoms with E-state index < -0.39 is 45.2 Å². The number of piperidine rings is 1. The second-order valence-electron chi connectivity index (χ2n) is 11.3. The van der Waals surface area contributed by atoms with Crippen molar-refractivity contribution in [3.05, 3.63) is 48.0 Å². The molecular weight excluding hydrogens is 528 g/mol. The third kappa shape index (κ3) is 5.68. The van der Waals surface area contributed by atoms with Crippen LogP contribution in [0.5, 0.6) is 5.75 Å². The van der Waals surface area contributed by atoms with Gasteiger partial charge in [-0.05, 0) is 48.6 Å². The summed E-state index contributed by atoms with van der Waals surface area (Å²) in [6.07, 6.45) is 0.836. The topological polar surface area (TPSA) is 99.2 Å². The van der Waals surface area contributed by atoms with Gasteiger partial charge in [-0.2, -0.15) is 4.31 Å². The summed E-state index contributed by atoms with van der Waals surface area (Å²) in [5, 5.41) is 13.6. The highest BCUT2D eigenvalue weighted by Gasteiger charge is 2.47. The summed E-state index contributed by atoms with van der Waals surface area (Å²) in [6, 6.07) is 6.33. The van der Waals surface area contributed by atoms with Crippen molar-refractivity contribution in [2.24, 2.45) is 5.92 Å². The first kappa shape index (κ1) is 27.9. The van der Waals surface area contributed by atoms with Crippen molar-refractivity contribution in [2.75, 3.05) is 32.8 Å². The first-order valence-electron chi connectivity index (χ1n) is 13.4. The maximum Gasteiger partial charge on any atom is 0.247 e. The first-order valence-corrected chi connectivity index (χ1v) is 14.9. The third-order valence-electron chi connectivity index (χ3n) is 7.97. The molecule has 3 heterocycles. The van der Waals surface area contributed by atoms with Gasteiger partial charge in [-0.15, -0.1) is 0 Å². The lowest BCUT2D eigenvalue weighted by atomic mass is 9.83. The summed E-state index contributed by atoms with van der Waals surface area (Å²) in [4.78, 5) is 15.8. The SMILES string of the molecule is CC(C)CN1CCC2(CCOc3cc(-c4ccc(F)cc4F)ccc3S(=O)(=O)N3C[C@H](O)C[C@H]3C(=O)N2)CC1. The molecular formula is C28H35F2N3O5S. The number of hydrogen-bond acceptors (Lipinski definition) is 6. The molecule has 0 radical (unpaired) electrons. The van der Waals surface area contributed by atoms with E-state index in [9.17, 15) is 27.1 Å². The Morgan fingerprint density at radius 2 is 1.87 bits per heavy atom. The Bertz CT molecular complexity index is 1340. The average molecular weight is 564 g/mol. The number of nitrogens with zero attached hydrogens (tertiary/aromatic N) is 2. The van der Waals surface area contributed by atoms with E-state index in [-0.39, 0.29) is 35.8 Å². The van der Waals surface area contributed by atoms with Crippen molar-refractivity contribution in [1.29, 1.82) is 0 Å². The van der Waals surface area contributed by atoms with Crippen LogP contribution in [-0.4, -0.2) is 79.1 Å². The van der Waals surface area contributed by atoms with Crippen LogP contribution in [0.4, 0.5) is 8.78 Å². The summed E-state index contributed by atoms with van der Waals surface area (Å²) >= 11 is 0. The van der Waals surface area contributed by atoms with Crippen LogP contribution in [0.2, 0.25) is 0 Å². The van der Waals surface area contributed by atoms with Crippen LogP contribution in [0.25, 0.3) is 11.1 Å². The number of aliphatic hydroxyl groups excluding tert-OH is 1. The van der Waals surface area contributed by atoms with Crippen LogP contribution in [0.15, 0.2) is 41.3 Å². The molecule has 8 nitrogen and oxygen atoms in total. The van der Waals surface area contributed by atoms with Crippen LogP contribution in [0.3, 0.4) is 0 Å². The molecule has 2 atom stereocenters. The van der Waals surface area contributed by atoms with Gasteiger partial charge in [0.05, 0.1) is 12.7 Å². The predicted molar refractivity (Wildman–Crippen MR) is 142 cm³/mol. The van der Waals surface area contributed by atoms with E-state index in [2.05, 4.69) is 24.1 Å². The quantitative estimate of drug-likeness (QED) is 0.596. The van der Waals surface area contributed by atoms with Gasteiger partial charge in [-0.25, -0.2) is 17.2 Å². The lowest BCUT2D eigenvalue weighted by Gasteiger charge is -2.43. The number of sulfonamides is 1. The number of carbonyl (C=O) groups is 1. The predicted octanol–water partition coefficient (Wildman–Crippen LogP) is 3.15. The van der Waals surface area contributed by atoms with Crippen LogP contribution in [0.1, 0.15) is 39.5 Å². The number of likely N-dealkylation sites (tertiary alicyclic amines) is 1. The van der Waals surface area contributed by atoms with Crippen molar-refractivity contribution in [3.8, 4) is 16.9 Å². The summed E-state index contributed by atoms with van der Waals surface area (Å²) in [5.41, 5.74) is -0.145. The van der Waals surface area contributed by atoms with Crippen molar-refractivity contribution < 1.29 is 31.8 Å². The molecule has 0 bridgehead atoms. The molecule has 3 aliphatic heterocycles. The van der Waals surface area contributed by atoms with Crippen LogP contribution in [0, 0.1) is 17.6 Å². The number of nitrogens with one attached hydrogen (secondary N) is 1. The zero-order valence-electron chi connectivity index (χ0n) is 22.2. The highest BCUT2D eigenvalue weighted by molar-refractivity contribution is 7.89. The van der Waals surface area contributed by atoms with Crippen molar-refractivity contribution in [1.82, 2.24) is 14.5 Å². The fourth-order valence-corrected chi connectivity index (χ4v) is 7.71. The van der Waals surface area contributed by atoms with Crippen LogP contribution >= 0.6 is 0 Å². The van der Waals surface area contributed by atoms with Gasteiger partial charge in [0.15, 0.2) is 0 Å². The van der Waals surface area contributed by atoms with Gasteiger partial charge in [0.1, 0.15) is 28.3 Å². The van der Waals surface area contributed by atoms with Gasteiger partial charge >= 0.3 is 0 Å². The zero-order valence-corrected chi connectivity index (χ0v) is 23.0. The molecule has 0 aromatic heterocycles. The fraction of sp³-hybridized carbons (Fsp3) is 0.536. The van der Waals surface area contributed by atoms with E-state index >= 15 is 0 Å².